The van der Waals surface area contributed by atoms with Crippen molar-refractivity contribution >= 4 is 11.6 Å². The summed E-state index contributed by atoms with van der Waals surface area (Å²) in [6.45, 7) is 2.90. The van der Waals surface area contributed by atoms with Gasteiger partial charge in [0.25, 0.3) is 0 Å². The number of ether oxygens (including phenoxy) is 1. The van der Waals surface area contributed by atoms with Crippen LogP contribution in [0.5, 0.6) is 0 Å². The van der Waals surface area contributed by atoms with Crippen LogP contribution in [0.3, 0.4) is 0 Å². The first kappa shape index (κ1) is 12.5. The lowest BCUT2D eigenvalue weighted by atomic mass is 9.86. The Morgan fingerprint density at radius 1 is 1.53 bits per heavy atom. The number of pyridine rings is 1. The van der Waals surface area contributed by atoms with Crippen LogP contribution in [0.4, 0.5) is 0 Å². The molecule has 1 aliphatic heterocycles. The van der Waals surface area contributed by atoms with E-state index in [1.807, 2.05) is 6.92 Å². The predicted molar refractivity (Wildman–Crippen MR) is 68.7 cm³/mol. The van der Waals surface area contributed by atoms with Gasteiger partial charge in [-0.25, -0.2) is 0 Å². The number of hydrogen-bond acceptors (Lipinski definition) is 6. The summed E-state index contributed by atoms with van der Waals surface area (Å²) in [5, 5.41) is 4.41. The van der Waals surface area contributed by atoms with Crippen LogP contribution >= 0.6 is 11.6 Å². The van der Waals surface area contributed by atoms with Crippen LogP contribution in [0.25, 0.3) is 11.5 Å². The minimum atomic E-state index is -0.466. The number of aromatic nitrogens is 3. The molecule has 6 nitrogen and oxygen atoms in total. The zero-order valence-corrected chi connectivity index (χ0v) is 11.1. The maximum absolute atomic E-state index is 6.06. The molecule has 1 saturated heterocycles. The summed E-state index contributed by atoms with van der Waals surface area (Å²) in [6, 6.07) is 3.31. The van der Waals surface area contributed by atoms with Gasteiger partial charge in [-0.2, -0.15) is 4.98 Å². The van der Waals surface area contributed by atoms with Crippen LogP contribution in [0.15, 0.2) is 22.9 Å². The molecule has 2 unspecified atom stereocenters. The molecule has 3 rings (SSSR count). The number of halogens is 1. The fraction of sp³-hybridized carbons (Fsp3) is 0.417. The molecule has 0 amide bonds. The van der Waals surface area contributed by atoms with Gasteiger partial charge in [-0.1, -0.05) is 16.8 Å². The molecule has 2 atom stereocenters. The molecule has 1 aliphatic rings. The van der Waals surface area contributed by atoms with Gasteiger partial charge in [-0.3, -0.25) is 4.98 Å². The van der Waals surface area contributed by atoms with Crippen LogP contribution in [0.1, 0.15) is 12.8 Å². The Morgan fingerprint density at radius 3 is 3.05 bits per heavy atom. The molecule has 0 aliphatic carbocycles. The second kappa shape index (κ2) is 4.56. The topological polar surface area (TPSA) is 87.1 Å². The van der Waals surface area contributed by atoms with E-state index < -0.39 is 5.41 Å². The highest BCUT2D eigenvalue weighted by Crippen LogP contribution is 2.32. The third-order valence-electron chi connectivity index (χ3n) is 3.40. The molecular formula is C12H13ClN4O2. The molecule has 2 N–H and O–H groups in total. The Hall–Kier alpha value is -1.50. The Kier molecular flexibility index (Phi) is 3.00. The van der Waals surface area contributed by atoms with Crippen molar-refractivity contribution in [1.29, 1.82) is 0 Å². The van der Waals surface area contributed by atoms with Crippen molar-refractivity contribution in [2.45, 2.75) is 18.4 Å². The number of nitrogens with zero attached hydrogens (tertiary/aromatic N) is 3. The van der Waals surface area contributed by atoms with Crippen LogP contribution in [0.2, 0.25) is 5.02 Å². The molecule has 2 aromatic rings. The molecule has 7 heteroatoms. The molecule has 100 valence electrons. The molecule has 19 heavy (non-hydrogen) atoms. The van der Waals surface area contributed by atoms with E-state index in [9.17, 15) is 0 Å². The minimum Gasteiger partial charge on any atom is -0.379 e. The van der Waals surface area contributed by atoms with Gasteiger partial charge in [0.2, 0.25) is 11.7 Å². The largest absolute Gasteiger partial charge is 0.379 e. The molecule has 0 spiro atoms. The first-order chi connectivity index (χ1) is 9.11. The van der Waals surface area contributed by atoms with Crippen LogP contribution < -0.4 is 5.73 Å². The molecule has 1 fully saturated rings. The lowest BCUT2D eigenvalue weighted by Crippen LogP contribution is -2.42. The zero-order chi connectivity index (χ0) is 13.5. The lowest BCUT2D eigenvalue weighted by Gasteiger charge is -2.21. The van der Waals surface area contributed by atoms with Crippen molar-refractivity contribution in [3.8, 4) is 11.5 Å². The highest BCUT2D eigenvalue weighted by atomic mass is 35.5. The monoisotopic (exact) mass is 280 g/mol. The smallest absolute Gasteiger partial charge is 0.236 e. The van der Waals surface area contributed by atoms with Gasteiger partial charge in [0.05, 0.1) is 23.7 Å². The van der Waals surface area contributed by atoms with E-state index in [1.165, 1.54) is 0 Å². The third-order valence-corrected chi connectivity index (χ3v) is 3.71. The highest BCUT2D eigenvalue weighted by Gasteiger charge is 2.44. The van der Waals surface area contributed by atoms with E-state index in [0.29, 0.717) is 35.6 Å². The normalized spacial score (nSPS) is 26.8. The average Bonchev–Trinajstić information content (AvgIpc) is 2.99. The maximum atomic E-state index is 6.06. The quantitative estimate of drug-likeness (QED) is 0.895. The molecule has 2 aromatic heterocycles. The molecule has 0 saturated carbocycles. The number of nitrogens with two attached hydrogens (primary N) is 1. The Bertz CT molecular complexity index is 603. The summed E-state index contributed by atoms with van der Waals surface area (Å²) in [4.78, 5) is 8.51. The molecular weight excluding hydrogens is 268 g/mol. The summed E-state index contributed by atoms with van der Waals surface area (Å²) in [7, 11) is 0. The Balaban J connectivity index is 1.98. The molecule has 0 bridgehead atoms. The van der Waals surface area contributed by atoms with Crippen LogP contribution in [-0.4, -0.2) is 34.4 Å². The van der Waals surface area contributed by atoms with Crippen LogP contribution in [-0.2, 0) is 10.2 Å². The molecule has 3 heterocycles. The van der Waals surface area contributed by atoms with E-state index in [0.717, 1.165) is 0 Å². The van der Waals surface area contributed by atoms with E-state index in [4.69, 9.17) is 26.6 Å². The van der Waals surface area contributed by atoms with Crippen molar-refractivity contribution in [2.24, 2.45) is 5.73 Å². The lowest BCUT2D eigenvalue weighted by molar-refractivity contribution is 0.169. The summed E-state index contributed by atoms with van der Waals surface area (Å²) in [5.41, 5.74) is 6.06. The van der Waals surface area contributed by atoms with Gasteiger partial charge >= 0.3 is 0 Å². The fourth-order valence-electron chi connectivity index (χ4n) is 2.01. The van der Waals surface area contributed by atoms with Crippen LogP contribution in [0, 0.1) is 0 Å². The van der Waals surface area contributed by atoms with Gasteiger partial charge in [-0.05, 0) is 19.1 Å². The summed E-state index contributed by atoms with van der Waals surface area (Å²) < 4.78 is 10.7. The fourth-order valence-corrected chi connectivity index (χ4v) is 2.22. The SMILES string of the molecule is CC1(c2nc(-c3ncccc3Cl)no2)COCC1N. The average molecular weight is 281 g/mol. The van der Waals surface area contributed by atoms with Gasteiger partial charge < -0.3 is 15.0 Å². The van der Waals surface area contributed by atoms with E-state index >= 15 is 0 Å². The Morgan fingerprint density at radius 2 is 2.37 bits per heavy atom. The van der Waals surface area contributed by atoms with Gasteiger partial charge in [0, 0.05) is 12.2 Å². The first-order valence-electron chi connectivity index (χ1n) is 5.89. The second-order valence-corrected chi connectivity index (χ2v) is 5.20. The van der Waals surface area contributed by atoms with Crippen molar-refractivity contribution < 1.29 is 9.26 Å². The van der Waals surface area contributed by atoms with E-state index in [2.05, 4.69) is 15.1 Å². The van der Waals surface area contributed by atoms with Crippen molar-refractivity contribution in [1.82, 2.24) is 15.1 Å². The summed E-state index contributed by atoms with van der Waals surface area (Å²) >= 11 is 6.06. The van der Waals surface area contributed by atoms with E-state index in [-0.39, 0.29) is 6.04 Å². The molecule has 0 radical (unpaired) electrons. The van der Waals surface area contributed by atoms with Crippen molar-refractivity contribution in [3.63, 3.8) is 0 Å². The highest BCUT2D eigenvalue weighted by molar-refractivity contribution is 6.32. The van der Waals surface area contributed by atoms with Crippen molar-refractivity contribution in [2.75, 3.05) is 13.2 Å². The van der Waals surface area contributed by atoms with Gasteiger partial charge in [0.1, 0.15) is 5.69 Å². The van der Waals surface area contributed by atoms with Crippen molar-refractivity contribution in [3.05, 3.63) is 29.2 Å². The summed E-state index contributed by atoms with van der Waals surface area (Å²) in [5.74, 6) is 0.815. The number of rotatable bonds is 2. The summed E-state index contributed by atoms with van der Waals surface area (Å²) in [6.07, 6.45) is 1.63. The van der Waals surface area contributed by atoms with Gasteiger partial charge in [0.15, 0.2) is 0 Å². The Labute approximate surface area is 114 Å². The van der Waals surface area contributed by atoms with Gasteiger partial charge in [-0.15, -0.1) is 0 Å². The first-order valence-corrected chi connectivity index (χ1v) is 6.27. The molecule has 0 aromatic carbocycles. The minimum absolute atomic E-state index is 0.167. The van der Waals surface area contributed by atoms with E-state index in [1.54, 1.807) is 18.3 Å². The number of hydrogen-bond donors (Lipinski definition) is 1. The second-order valence-electron chi connectivity index (χ2n) is 4.80. The predicted octanol–water partition coefficient (Wildman–Crippen LogP) is 1.40. The maximum Gasteiger partial charge on any atom is 0.236 e. The standard InChI is InChI=1S/C12H13ClN4O2/c1-12(6-18-5-8(12)14)11-16-10(17-19-11)9-7(13)3-2-4-15-9/h2-4,8H,5-6,14H2,1H3. The zero-order valence-electron chi connectivity index (χ0n) is 10.3. The third kappa shape index (κ3) is 2.01.